The predicted octanol–water partition coefficient (Wildman–Crippen LogP) is 2.07. The van der Waals surface area contributed by atoms with Crippen molar-refractivity contribution in [2.24, 2.45) is 4.99 Å². The van der Waals surface area contributed by atoms with E-state index < -0.39 is 0 Å². The van der Waals surface area contributed by atoms with Gasteiger partial charge in [-0.05, 0) is 44.4 Å². The zero-order valence-electron chi connectivity index (χ0n) is 15.8. The summed E-state index contributed by atoms with van der Waals surface area (Å²) in [5, 5.41) is 6.73. The van der Waals surface area contributed by atoms with Gasteiger partial charge >= 0.3 is 0 Å². The maximum atomic E-state index is 11.6. The summed E-state index contributed by atoms with van der Waals surface area (Å²) < 4.78 is 5.58. The number of nitrogens with one attached hydrogen (secondary N) is 2. The molecule has 1 atom stereocenters. The Bertz CT molecular complexity index is 615. The van der Waals surface area contributed by atoms with E-state index in [1.54, 1.807) is 4.90 Å². The molecule has 1 unspecified atom stereocenters. The Morgan fingerprint density at radius 1 is 1.40 bits per heavy atom. The first-order valence-electron chi connectivity index (χ1n) is 9.04. The molecule has 0 aromatic heterocycles. The molecule has 0 aliphatic carbocycles. The van der Waals surface area contributed by atoms with Crippen LogP contribution in [-0.4, -0.2) is 49.6 Å². The van der Waals surface area contributed by atoms with Crippen LogP contribution >= 0.6 is 0 Å². The highest BCUT2D eigenvalue weighted by Gasteiger charge is 2.23. The number of likely N-dealkylation sites (N-methyl/N-ethyl adjacent to an activating group) is 1. The molecule has 0 spiro atoms. The van der Waals surface area contributed by atoms with Gasteiger partial charge in [0.25, 0.3) is 0 Å². The zero-order chi connectivity index (χ0) is 18.2. The summed E-state index contributed by atoms with van der Waals surface area (Å²) in [5.41, 5.74) is 2.27. The van der Waals surface area contributed by atoms with E-state index in [9.17, 15) is 4.79 Å². The van der Waals surface area contributed by atoms with E-state index in [0.29, 0.717) is 26.1 Å². The molecule has 6 heteroatoms. The van der Waals surface area contributed by atoms with Gasteiger partial charge in [-0.25, -0.2) is 4.99 Å². The van der Waals surface area contributed by atoms with Crippen LogP contribution in [0.15, 0.2) is 23.2 Å². The molecule has 1 aromatic rings. The Morgan fingerprint density at radius 3 is 2.84 bits per heavy atom. The van der Waals surface area contributed by atoms with E-state index in [2.05, 4.69) is 41.6 Å². The Kier molecular flexibility index (Phi) is 7.10. The largest absolute Gasteiger partial charge is 0.494 e. The van der Waals surface area contributed by atoms with Crippen molar-refractivity contribution in [2.45, 2.75) is 46.2 Å². The highest BCUT2D eigenvalue weighted by Crippen LogP contribution is 2.19. The first kappa shape index (κ1) is 19.1. The standard InChI is InChI=1S/C19H30N4O2/c1-5-20-19(22-16-8-10-18(24)23(4)13-16)21-12-15-7-9-17(25-6-2)14(3)11-15/h7,9,11,16H,5-6,8,10,12-13H2,1-4H3,(H2,20,21,22). The van der Waals surface area contributed by atoms with Crippen LogP contribution in [0.4, 0.5) is 0 Å². The van der Waals surface area contributed by atoms with Crippen LogP contribution in [0.2, 0.25) is 0 Å². The normalized spacial score (nSPS) is 18.2. The molecule has 2 rings (SSSR count). The molecule has 0 saturated carbocycles. The van der Waals surface area contributed by atoms with E-state index >= 15 is 0 Å². The lowest BCUT2D eigenvalue weighted by molar-refractivity contribution is -0.132. The topological polar surface area (TPSA) is 66.0 Å². The molecular weight excluding hydrogens is 316 g/mol. The van der Waals surface area contributed by atoms with E-state index in [0.717, 1.165) is 35.8 Å². The van der Waals surface area contributed by atoms with Crippen LogP contribution in [0.3, 0.4) is 0 Å². The van der Waals surface area contributed by atoms with Gasteiger partial charge in [-0.15, -0.1) is 0 Å². The second-order valence-electron chi connectivity index (χ2n) is 6.38. The van der Waals surface area contributed by atoms with Crippen LogP contribution in [0.1, 0.15) is 37.8 Å². The summed E-state index contributed by atoms with van der Waals surface area (Å²) in [4.78, 5) is 18.1. The summed E-state index contributed by atoms with van der Waals surface area (Å²) in [6.45, 7) is 8.88. The Hall–Kier alpha value is -2.24. The second-order valence-corrected chi connectivity index (χ2v) is 6.38. The van der Waals surface area contributed by atoms with Crippen molar-refractivity contribution >= 4 is 11.9 Å². The number of ether oxygens (including phenoxy) is 1. The molecule has 1 aliphatic heterocycles. The first-order chi connectivity index (χ1) is 12.0. The first-order valence-corrected chi connectivity index (χ1v) is 9.04. The van der Waals surface area contributed by atoms with Crippen LogP contribution in [0.25, 0.3) is 0 Å². The predicted molar refractivity (Wildman–Crippen MR) is 101 cm³/mol. The highest BCUT2D eigenvalue weighted by molar-refractivity contribution is 5.81. The van der Waals surface area contributed by atoms with Crippen LogP contribution < -0.4 is 15.4 Å². The van der Waals surface area contributed by atoms with Crippen LogP contribution in [-0.2, 0) is 11.3 Å². The minimum absolute atomic E-state index is 0.213. The van der Waals surface area contributed by atoms with Gasteiger partial charge in [0.15, 0.2) is 5.96 Å². The number of aryl methyl sites for hydroxylation is 1. The smallest absolute Gasteiger partial charge is 0.222 e. The van der Waals surface area contributed by atoms with Gasteiger partial charge < -0.3 is 20.3 Å². The molecule has 1 heterocycles. The molecule has 1 amide bonds. The quantitative estimate of drug-likeness (QED) is 0.611. The average Bonchev–Trinajstić information content (AvgIpc) is 2.58. The number of hydrogen-bond acceptors (Lipinski definition) is 3. The lowest BCUT2D eigenvalue weighted by Gasteiger charge is -2.31. The van der Waals surface area contributed by atoms with E-state index in [-0.39, 0.29) is 11.9 Å². The number of guanidine groups is 1. The summed E-state index contributed by atoms with van der Waals surface area (Å²) in [6, 6.07) is 6.41. The molecular formula is C19H30N4O2. The Labute approximate surface area is 150 Å². The minimum Gasteiger partial charge on any atom is -0.494 e. The van der Waals surface area contributed by atoms with Gasteiger partial charge in [-0.2, -0.15) is 0 Å². The number of carbonyl (C=O) groups is 1. The molecule has 138 valence electrons. The van der Waals surface area contributed by atoms with E-state index in [1.165, 1.54) is 0 Å². The van der Waals surface area contributed by atoms with Gasteiger partial charge in [-0.1, -0.05) is 12.1 Å². The number of piperidine rings is 1. The molecule has 6 nitrogen and oxygen atoms in total. The van der Waals surface area contributed by atoms with Crippen molar-refractivity contribution < 1.29 is 9.53 Å². The SMILES string of the molecule is CCNC(=NCc1ccc(OCC)c(C)c1)NC1CCC(=O)N(C)C1. The molecule has 1 aliphatic rings. The third-order valence-corrected chi connectivity index (χ3v) is 4.27. The lowest BCUT2D eigenvalue weighted by atomic mass is 10.1. The molecule has 1 fully saturated rings. The summed E-state index contributed by atoms with van der Waals surface area (Å²) in [6.07, 6.45) is 1.43. The monoisotopic (exact) mass is 346 g/mol. The Balaban J connectivity index is 1.99. The number of likely N-dealkylation sites (tertiary alicyclic amines) is 1. The summed E-state index contributed by atoms with van der Waals surface area (Å²) in [5.74, 6) is 1.93. The fourth-order valence-electron chi connectivity index (χ4n) is 2.94. The maximum Gasteiger partial charge on any atom is 0.222 e. The van der Waals surface area contributed by atoms with E-state index in [4.69, 9.17) is 4.74 Å². The number of nitrogens with zero attached hydrogens (tertiary/aromatic N) is 2. The van der Waals surface area contributed by atoms with Crippen molar-refractivity contribution in [3.05, 3.63) is 29.3 Å². The molecule has 25 heavy (non-hydrogen) atoms. The van der Waals surface area contributed by atoms with E-state index in [1.807, 2.05) is 20.0 Å². The molecule has 2 N–H and O–H groups in total. The van der Waals surface area contributed by atoms with Crippen molar-refractivity contribution in [3.8, 4) is 5.75 Å². The highest BCUT2D eigenvalue weighted by atomic mass is 16.5. The summed E-state index contributed by atoms with van der Waals surface area (Å²) in [7, 11) is 1.85. The molecule has 1 aromatic carbocycles. The van der Waals surface area contributed by atoms with Crippen LogP contribution in [0.5, 0.6) is 5.75 Å². The fourth-order valence-corrected chi connectivity index (χ4v) is 2.94. The number of aliphatic imine (C=N–C) groups is 1. The van der Waals surface area contributed by atoms with Crippen molar-refractivity contribution in [1.29, 1.82) is 0 Å². The summed E-state index contributed by atoms with van der Waals surface area (Å²) >= 11 is 0. The van der Waals surface area contributed by atoms with Gasteiger partial charge in [0.2, 0.25) is 5.91 Å². The van der Waals surface area contributed by atoms with Gasteiger partial charge in [-0.3, -0.25) is 4.79 Å². The van der Waals surface area contributed by atoms with Crippen LogP contribution in [0, 0.1) is 6.92 Å². The van der Waals surface area contributed by atoms with Crippen molar-refractivity contribution in [1.82, 2.24) is 15.5 Å². The van der Waals surface area contributed by atoms with Gasteiger partial charge in [0.1, 0.15) is 5.75 Å². The molecule has 0 bridgehead atoms. The number of rotatable bonds is 6. The van der Waals surface area contributed by atoms with Crippen molar-refractivity contribution in [3.63, 3.8) is 0 Å². The number of carbonyl (C=O) groups excluding carboxylic acids is 1. The fraction of sp³-hybridized carbons (Fsp3) is 0.579. The average molecular weight is 346 g/mol. The third-order valence-electron chi connectivity index (χ3n) is 4.27. The Morgan fingerprint density at radius 2 is 2.20 bits per heavy atom. The number of hydrogen-bond donors (Lipinski definition) is 2. The molecule has 0 radical (unpaired) electrons. The number of benzene rings is 1. The van der Waals surface area contributed by atoms with Gasteiger partial charge in [0.05, 0.1) is 13.2 Å². The second kappa shape index (κ2) is 9.30. The minimum atomic E-state index is 0.213. The van der Waals surface area contributed by atoms with Gasteiger partial charge in [0, 0.05) is 32.6 Å². The third kappa shape index (κ3) is 5.66. The zero-order valence-corrected chi connectivity index (χ0v) is 15.8. The lowest BCUT2D eigenvalue weighted by Crippen LogP contribution is -2.51. The number of amides is 1. The van der Waals surface area contributed by atoms with Crippen molar-refractivity contribution in [2.75, 3.05) is 26.7 Å². The molecule has 1 saturated heterocycles. The maximum absolute atomic E-state index is 11.6.